The van der Waals surface area contributed by atoms with Crippen LogP contribution in [0.1, 0.15) is 20.7 Å². The molecule has 6 N–H and O–H groups in total. The summed E-state index contributed by atoms with van der Waals surface area (Å²) in [7, 11) is 2.49. The summed E-state index contributed by atoms with van der Waals surface area (Å²) in [5.41, 5.74) is 11.4. The smallest absolute Gasteiger partial charge is 0.257 e. The number of nitrogens with one attached hydrogen (secondary N) is 2. The molecule has 0 saturated carbocycles. The standard InChI is InChI=1S/C20H22N4O4S2/c21-15(17(22)25)11-29-30-12-16(23-18(26)13-7-3-1-4-8-13)20(28)24-19(27)14-9-5-2-6-10-14/h1-10,15-16H,11-12,21H2,(H2,22,25)(H,23,26)(H,24,27,28)/t15-,16-/m0/s1. The first-order valence-corrected chi connectivity index (χ1v) is 11.4. The number of hydrogen-bond acceptors (Lipinski definition) is 7. The number of imide groups is 1. The maximum atomic E-state index is 12.7. The molecule has 30 heavy (non-hydrogen) atoms. The van der Waals surface area contributed by atoms with E-state index in [4.69, 9.17) is 11.5 Å². The Bertz CT molecular complexity index is 881. The molecule has 0 spiro atoms. The van der Waals surface area contributed by atoms with E-state index in [1.807, 2.05) is 0 Å². The fraction of sp³-hybridized carbons (Fsp3) is 0.200. The second-order valence-electron chi connectivity index (χ2n) is 6.15. The Morgan fingerprint density at radius 3 is 1.83 bits per heavy atom. The molecule has 4 amide bonds. The number of nitrogens with two attached hydrogens (primary N) is 2. The van der Waals surface area contributed by atoms with E-state index in [-0.39, 0.29) is 11.5 Å². The highest BCUT2D eigenvalue weighted by Crippen LogP contribution is 2.22. The van der Waals surface area contributed by atoms with Crippen LogP contribution in [-0.2, 0) is 9.59 Å². The zero-order valence-electron chi connectivity index (χ0n) is 15.9. The highest BCUT2D eigenvalue weighted by atomic mass is 33.1. The molecule has 2 atom stereocenters. The molecule has 0 heterocycles. The molecule has 0 unspecified atom stereocenters. The summed E-state index contributed by atoms with van der Waals surface area (Å²) in [6, 6.07) is 14.9. The van der Waals surface area contributed by atoms with Crippen LogP contribution < -0.4 is 22.1 Å². The van der Waals surface area contributed by atoms with Crippen molar-refractivity contribution in [3.63, 3.8) is 0 Å². The highest BCUT2D eigenvalue weighted by molar-refractivity contribution is 8.76. The van der Waals surface area contributed by atoms with E-state index >= 15 is 0 Å². The number of benzene rings is 2. The molecular weight excluding hydrogens is 424 g/mol. The van der Waals surface area contributed by atoms with Crippen molar-refractivity contribution in [2.24, 2.45) is 11.5 Å². The van der Waals surface area contributed by atoms with E-state index in [1.54, 1.807) is 60.7 Å². The lowest BCUT2D eigenvalue weighted by atomic mass is 10.2. The summed E-state index contributed by atoms with van der Waals surface area (Å²) in [5, 5.41) is 4.95. The average Bonchev–Trinajstić information content (AvgIpc) is 2.76. The minimum atomic E-state index is -0.979. The zero-order valence-corrected chi connectivity index (χ0v) is 17.6. The first kappa shape index (κ1) is 23.5. The highest BCUT2D eigenvalue weighted by Gasteiger charge is 2.24. The second kappa shape index (κ2) is 12.0. The molecule has 0 aliphatic carbocycles. The Morgan fingerprint density at radius 2 is 1.30 bits per heavy atom. The lowest BCUT2D eigenvalue weighted by molar-refractivity contribution is -0.121. The van der Waals surface area contributed by atoms with Crippen molar-refractivity contribution in [1.82, 2.24) is 10.6 Å². The maximum Gasteiger partial charge on any atom is 0.257 e. The summed E-state index contributed by atoms with van der Waals surface area (Å²) in [6.07, 6.45) is 0. The lowest BCUT2D eigenvalue weighted by Gasteiger charge is -2.18. The van der Waals surface area contributed by atoms with Gasteiger partial charge in [0.2, 0.25) is 11.8 Å². The Balaban J connectivity index is 2.01. The minimum absolute atomic E-state index is 0.155. The van der Waals surface area contributed by atoms with Crippen molar-refractivity contribution in [3.8, 4) is 0 Å². The maximum absolute atomic E-state index is 12.7. The molecule has 0 bridgehead atoms. The van der Waals surface area contributed by atoms with E-state index < -0.39 is 35.7 Å². The Labute approximate surface area is 181 Å². The summed E-state index contributed by atoms with van der Waals surface area (Å²) in [5.74, 6) is -1.86. The third-order valence-electron chi connectivity index (χ3n) is 3.86. The Morgan fingerprint density at radius 1 is 0.800 bits per heavy atom. The van der Waals surface area contributed by atoms with Gasteiger partial charge in [-0.05, 0) is 24.3 Å². The topological polar surface area (TPSA) is 144 Å². The molecule has 8 nitrogen and oxygen atoms in total. The van der Waals surface area contributed by atoms with Gasteiger partial charge in [0.1, 0.15) is 6.04 Å². The molecule has 2 aromatic rings. The first-order valence-electron chi connectivity index (χ1n) is 8.94. The quantitative estimate of drug-likeness (QED) is 0.314. The predicted molar refractivity (Wildman–Crippen MR) is 119 cm³/mol. The number of carbonyl (C=O) groups excluding carboxylic acids is 4. The van der Waals surface area contributed by atoms with Gasteiger partial charge in [0.25, 0.3) is 11.8 Å². The number of amides is 4. The van der Waals surface area contributed by atoms with Gasteiger partial charge in [0.05, 0.1) is 6.04 Å². The van der Waals surface area contributed by atoms with Crippen LogP contribution in [0.25, 0.3) is 0 Å². The van der Waals surface area contributed by atoms with Crippen LogP contribution >= 0.6 is 21.6 Å². The SMILES string of the molecule is NC(=O)[C@@H](N)CSSC[C@H](NC(=O)c1ccccc1)C(=O)NC(=O)c1ccccc1. The van der Waals surface area contributed by atoms with Crippen molar-refractivity contribution >= 4 is 45.2 Å². The Kier molecular flexibility index (Phi) is 9.39. The largest absolute Gasteiger partial charge is 0.368 e. The van der Waals surface area contributed by atoms with E-state index in [1.165, 1.54) is 21.6 Å². The van der Waals surface area contributed by atoms with Gasteiger partial charge in [-0.2, -0.15) is 0 Å². The van der Waals surface area contributed by atoms with E-state index in [0.29, 0.717) is 11.1 Å². The predicted octanol–water partition coefficient (Wildman–Crippen LogP) is 0.936. The number of carbonyl (C=O) groups is 4. The van der Waals surface area contributed by atoms with Crippen molar-refractivity contribution in [1.29, 1.82) is 0 Å². The number of hydrogen-bond donors (Lipinski definition) is 4. The third kappa shape index (κ3) is 7.54. The Hall–Kier alpha value is -2.82. The van der Waals surface area contributed by atoms with Crippen LogP contribution in [-0.4, -0.2) is 47.2 Å². The summed E-state index contributed by atoms with van der Waals surface area (Å²) < 4.78 is 0. The third-order valence-corrected chi connectivity index (χ3v) is 6.31. The molecule has 10 heteroatoms. The van der Waals surface area contributed by atoms with Gasteiger partial charge >= 0.3 is 0 Å². The fourth-order valence-corrected chi connectivity index (χ4v) is 4.49. The van der Waals surface area contributed by atoms with Crippen molar-refractivity contribution < 1.29 is 19.2 Å². The zero-order chi connectivity index (χ0) is 21.9. The number of primary amides is 1. The first-order chi connectivity index (χ1) is 14.4. The molecule has 0 fully saturated rings. The molecular formula is C20H22N4O4S2. The second-order valence-corrected chi connectivity index (χ2v) is 8.71. The fourth-order valence-electron chi connectivity index (χ4n) is 2.19. The van der Waals surface area contributed by atoms with Gasteiger partial charge in [-0.3, -0.25) is 24.5 Å². The summed E-state index contributed by atoms with van der Waals surface area (Å²) in [4.78, 5) is 48.4. The summed E-state index contributed by atoms with van der Waals surface area (Å²) in [6.45, 7) is 0. The van der Waals surface area contributed by atoms with E-state index in [2.05, 4.69) is 10.6 Å². The molecule has 0 saturated heterocycles. The van der Waals surface area contributed by atoms with Crippen molar-refractivity contribution in [3.05, 3.63) is 71.8 Å². The average molecular weight is 447 g/mol. The van der Waals surface area contributed by atoms with E-state index in [0.717, 1.165) is 0 Å². The van der Waals surface area contributed by atoms with Crippen LogP contribution in [0.5, 0.6) is 0 Å². The lowest BCUT2D eigenvalue weighted by Crippen LogP contribution is -2.49. The van der Waals surface area contributed by atoms with Gasteiger partial charge in [0.15, 0.2) is 0 Å². The van der Waals surface area contributed by atoms with Gasteiger partial charge in [0, 0.05) is 22.6 Å². The number of rotatable bonds is 10. The van der Waals surface area contributed by atoms with Crippen LogP contribution in [0.3, 0.4) is 0 Å². The van der Waals surface area contributed by atoms with Gasteiger partial charge in [-0.15, -0.1) is 0 Å². The monoisotopic (exact) mass is 446 g/mol. The molecule has 0 aromatic heterocycles. The molecule has 0 radical (unpaired) electrons. The van der Waals surface area contributed by atoms with Gasteiger partial charge in [-0.25, -0.2) is 0 Å². The summed E-state index contributed by atoms with van der Waals surface area (Å²) >= 11 is 0. The molecule has 2 aromatic carbocycles. The molecule has 158 valence electrons. The van der Waals surface area contributed by atoms with Gasteiger partial charge in [-0.1, -0.05) is 58.0 Å². The minimum Gasteiger partial charge on any atom is -0.368 e. The van der Waals surface area contributed by atoms with Crippen LogP contribution in [0.2, 0.25) is 0 Å². The molecule has 0 aliphatic heterocycles. The normalized spacial score (nSPS) is 12.4. The molecule has 0 aliphatic rings. The van der Waals surface area contributed by atoms with Crippen LogP contribution in [0, 0.1) is 0 Å². The van der Waals surface area contributed by atoms with Crippen molar-refractivity contribution in [2.75, 3.05) is 11.5 Å². The van der Waals surface area contributed by atoms with Crippen LogP contribution in [0.15, 0.2) is 60.7 Å². The van der Waals surface area contributed by atoms with Gasteiger partial charge < -0.3 is 16.8 Å². The molecule has 2 rings (SSSR count). The van der Waals surface area contributed by atoms with Crippen LogP contribution in [0.4, 0.5) is 0 Å². The van der Waals surface area contributed by atoms with E-state index in [9.17, 15) is 19.2 Å². The van der Waals surface area contributed by atoms with Crippen molar-refractivity contribution in [2.45, 2.75) is 12.1 Å².